The predicted molar refractivity (Wildman–Crippen MR) is 87.1 cm³/mol. The lowest BCUT2D eigenvalue weighted by atomic mass is 9.91. The number of hydrogen-bond acceptors (Lipinski definition) is 1. The Hall–Kier alpha value is -1.38. The van der Waals surface area contributed by atoms with Gasteiger partial charge in [0.2, 0.25) is 5.91 Å². The number of aryl methyl sites for hydroxylation is 1. The first-order chi connectivity index (χ1) is 9.65. The molecule has 1 amide bonds. The number of hydrogen-bond donors (Lipinski definition) is 0. The van der Waals surface area contributed by atoms with Crippen LogP contribution in [0.15, 0.2) is 18.2 Å². The minimum Gasteiger partial charge on any atom is -0.307 e. The monoisotopic (exact) mass is 293 g/mol. The Bertz CT molecular complexity index is 490. The quantitative estimate of drug-likeness (QED) is 0.740. The maximum atomic E-state index is 14.2. The minimum absolute atomic E-state index is 0.00106. The van der Waals surface area contributed by atoms with Crippen molar-refractivity contribution in [3.63, 3.8) is 0 Å². The molecule has 0 saturated carbocycles. The molecule has 1 atom stereocenters. The third kappa shape index (κ3) is 5.14. The van der Waals surface area contributed by atoms with E-state index in [1.807, 2.05) is 34.6 Å². The van der Waals surface area contributed by atoms with Crippen molar-refractivity contribution >= 4 is 11.6 Å². The number of benzene rings is 1. The highest BCUT2D eigenvalue weighted by Gasteiger charge is 2.27. The molecule has 118 valence electrons. The molecule has 0 radical (unpaired) electrons. The largest absolute Gasteiger partial charge is 0.307 e. The molecular formula is C18H28FNO. The summed E-state index contributed by atoms with van der Waals surface area (Å²) in [6.07, 6.45) is 2.24. The van der Waals surface area contributed by atoms with Gasteiger partial charge in [-0.3, -0.25) is 4.79 Å². The number of carbonyl (C=O) groups is 1. The first-order valence-corrected chi connectivity index (χ1v) is 7.74. The molecule has 0 fully saturated rings. The van der Waals surface area contributed by atoms with Crippen molar-refractivity contribution in [1.82, 2.24) is 0 Å². The molecule has 0 saturated heterocycles. The highest BCUT2D eigenvalue weighted by molar-refractivity contribution is 5.94. The van der Waals surface area contributed by atoms with E-state index in [1.165, 1.54) is 6.07 Å². The number of halogens is 1. The average molecular weight is 293 g/mol. The van der Waals surface area contributed by atoms with Gasteiger partial charge in [0.15, 0.2) is 0 Å². The van der Waals surface area contributed by atoms with Crippen LogP contribution < -0.4 is 4.90 Å². The first-order valence-electron chi connectivity index (χ1n) is 7.74. The summed E-state index contributed by atoms with van der Waals surface area (Å²) in [6.45, 7) is 12.1. The molecule has 0 bridgehead atoms. The normalized spacial score (nSPS) is 13.1. The lowest BCUT2D eigenvalue weighted by Gasteiger charge is -2.32. The lowest BCUT2D eigenvalue weighted by Crippen LogP contribution is -2.41. The summed E-state index contributed by atoms with van der Waals surface area (Å²) in [5.41, 5.74) is 1.26. The fraction of sp³-hybridized carbons (Fsp3) is 0.611. The van der Waals surface area contributed by atoms with E-state index in [2.05, 4.69) is 6.92 Å². The maximum Gasteiger partial charge on any atom is 0.227 e. The fourth-order valence-electron chi connectivity index (χ4n) is 2.51. The Morgan fingerprint density at radius 1 is 1.33 bits per heavy atom. The molecule has 1 rings (SSSR count). The van der Waals surface area contributed by atoms with Gasteiger partial charge in [-0.05, 0) is 43.4 Å². The van der Waals surface area contributed by atoms with Crippen molar-refractivity contribution in [2.24, 2.45) is 5.41 Å². The van der Waals surface area contributed by atoms with Gasteiger partial charge < -0.3 is 4.90 Å². The van der Waals surface area contributed by atoms with Crippen LogP contribution in [0, 0.1) is 18.2 Å². The molecule has 0 aliphatic carbocycles. The Kier molecular flexibility index (Phi) is 5.94. The van der Waals surface area contributed by atoms with Crippen LogP contribution in [0.4, 0.5) is 10.1 Å². The van der Waals surface area contributed by atoms with Crippen LogP contribution in [0.25, 0.3) is 0 Å². The van der Waals surface area contributed by atoms with Crippen LogP contribution in [0.1, 0.15) is 59.4 Å². The fourth-order valence-corrected chi connectivity index (χ4v) is 2.51. The van der Waals surface area contributed by atoms with Crippen LogP contribution in [-0.2, 0) is 4.79 Å². The van der Waals surface area contributed by atoms with E-state index in [0.717, 1.165) is 18.4 Å². The van der Waals surface area contributed by atoms with E-state index in [9.17, 15) is 9.18 Å². The van der Waals surface area contributed by atoms with E-state index in [0.29, 0.717) is 12.1 Å². The Morgan fingerprint density at radius 2 is 1.95 bits per heavy atom. The molecule has 1 aromatic rings. The standard InChI is InChI=1S/C18H28FNO/c1-7-8-14(3)20(17(21)12-18(4,5)6)16-11-13(2)9-10-15(16)19/h9-11,14H,7-8,12H2,1-6H3. The smallest absolute Gasteiger partial charge is 0.227 e. The summed E-state index contributed by atoms with van der Waals surface area (Å²) in [5.74, 6) is -0.334. The molecule has 21 heavy (non-hydrogen) atoms. The summed E-state index contributed by atoms with van der Waals surface area (Å²) in [4.78, 5) is 14.3. The number of nitrogens with zero attached hydrogens (tertiary/aromatic N) is 1. The van der Waals surface area contributed by atoms with Crippen LogP contribution in [-0.4, -0.2) is 11.9 Å². The zero-order chi connectivity index (χ0) is 16.2. The van der Waals surface area contributed by atoms with Gasteiger partial charge in [0, 0.05) is 12.5 Å². The highest BCUT2D eigenvalue weighted by Crippen LogP contribution is 2.28. The maximum absolute atomic E-state index is 14.2. The second-order valence-electron chi connectivity index (χ2n) is 7.09. The molecule has 0 heterocycles. The summed E-state index contributed by atoms with van der Waals surface area (Å²) in [6, 6.07) is 4.94. The Labute approximate surface area is 128 Å². The van der Waals surface area contributed by atoms with E-state index < -0.39 is 0 Å². The molecule has 0 aliphatic rings. The van der Waals surface area contributed by atoms with Gasteiger partial charge in [0.05, 0.1) is 5.69 Å². The Morgan fingerprint density at radius 3 is 2.48 bits per heavy atom. The molecule has 1 unspecified atom stereocenters. The van der Waals surface area contributed by atoms with Crippen molar-refractivity contribution in [3.05, 3.63) is 29.6 Å². The van der Waals surface area contributed by atoms with E-state index in [-0.39, 0.29) is 23.2 Å². The van der Waals surface area contributed by atoms with Crippen molar-refractivity contribution in [3.8, 4) is 0 Å². The number of rotatable bonds is 5. The van der Waals surface area contributed by atoms with Crippen molar-refractivity contribution in [2.75, 3.05) is 4.90 Å². The summed E-state index contributed by atoms with van der Waals surface area (Å²) in [5, 5.41) is 0. The van der Waals surface area contributed by atoms with Gasteiger partial charge in [-0.1, -0.05) is 40.2 Å². The minimum atomic E-state index is -0.328. The summed E-state index contributed by atoms with van der Waals surface area (Å²) < 4.78 is 14.2. The van der Waals surface area contributed by atoms with Crippen LogP contribution in [0.2, 0.25) is 0 Å². The SMILES string of the molecule is CCCC(C)N(C(=O)CC(C)(C)C)c1cc(C)ccc1F. The average Bonchev–Trinajstić information content (AvgIpc) is 2.32. The first kappa shape index (κ1) is 17.7. The lowest BCUT2D eigenvalue weighted by molar-refractivity contribution is -0.120. The van der Waals surface area contributed by atoms with Gasteiger partial charge >= 0.3 is 0 Å². The number of carbonyl (C=O) groups excluding carboxylic acids is 1. The molecule has 0 aliphatic heterocycles. The molecule has 0 spiro atoms. The number of amides is 1. The number of anilines is 1. The van der Waals surface area contributed by atoms with Gasteiger partial charge in [0.1, 0.15) is 5.82 Å². The van der Waals surface area contributed by atoms with Gasteiger partial charge in [-0.2, -0.15) is 0 Å². The second kappa shape index (κ2) is 7.06. The van der Waals surface area contributed by atoms with Gasteiger partial charge in [-0.25, -0.2) is 4.39 Å². The molecular weight excluding hydrogens is 265 g/mol. The van der Waals surface area contributed by atoms with E-state index in [1.54, 1.807) is 17.0 Å². The van der Waals surface area contributed by atoms with Crippen molar-refractivity contribution in [2.45, 2.75) is 66.8 Å². The zero-order valence-electron chi connectivity index (χ0n) is 14.2. The zero-order valence-corrected chi connectivity index (χ0v) is 14.2. The third-order valence-electron chi connectivity index (χ3n) is 3.46. The molecule has 3 heteroatoms. The van der Waals surface area contributed by atoms with E-state index in [4.69, 9.17) is 0 Å². The van der Waals surface area contributed by atoms with Crippen LogP contribution in [0.5, 0.6) is 0 Å². The van der Waals surface area contributed by atoms with Crippen LogP contribution in [0.3, 0.4) is 0 Å². The van der Waals surface area contributed by atoms with Crippen LogP contribution >= 0.6 is 0 Å². The predicted octanol–water partition coefficient (Wildman–Crippen LogP) is 5.09. The molecule has 0 aromatic heterocycles. The Balaban J connectivity index is 3.19. The van der Waals surface area contributed by atoms with Gasteiger partial charge in [-0.15, -0.1) is 0 Å². The van der Waals surface area contributed by atoms with Crippen molar-refractivity contribution < 1.29 is 9.18 Å². The molecule has 0 N–H and O–H groups in total. The molecule has 2 nitrogen and oxygen atoms in total. The molecule has 1 aromatic carbocycles. The topological polar surface area (TPSA) is 20.3 Å². The second-order valence-corrected chi connectivity index (χ2v) is 7.09. The van der Waals surface area contributed by atoms with Gasteiger partial charge in [0.25, 0.3) is 0 Å². The summed E-state index contributed by atoms with van der Waals surface area (Å²) in [7, 11) is 0. The highest BCUT2D eigenvalue weighted by atomic mass is 19.1. The van der Waals surface area contributed by atoms with Crippen molar-refractivity contribution in [1.29, 1.82) is 0 Å². The van der Waals surface area contributed by atoms with E-state index >= 15 is 0 Å². The summed E-state index contributed by atoms with van der Waals surface area (Å²) >= 11 is 0. The third-order valence-corrected chi connectivity index (χ3v) is 3.46.